The Balaban J connectivity index is 3.07. The van der Waals surface area contributed by atoms with Gasteiger partial charge < -0.3 is 9.47 Å². The third-order valence-electron chi connectivity index (χ3n) is 1.93. The Bertz CT molecular complexity index is 468. The van der Waals surface area contributed by atoms with Crippen LogP contribution in [-0.4, -0.2) is 31.1 Å². The van der Waals surface area contributed by atoms with E-state index >= 15 is 0 Å². The summed E-state index contributed by atoms with van der Waals surface area (Å²) in [6.45, 7) is 0.648. The highest BCUT2D eigenvalue weighted by Crippen LogP contribution is 2.31. The molecule has 0 unspecified atom stereocenters. The lowest BCUT2D eigenvalue weighted by molar-refractivity contribution is -0.148. The lowest BCUT2D eigenvalue weighted by Gasteiger charge is -2.22. The monoisotopic (exact) mass is 298 g/mol. The minimum absolute atomic E-state index is 0.0537. The fraction of sp³-hybridized carbons (Fsp3) is 0.400. The topological polar surface area (TPSA) is 51.7 Å². The van der Waals surface area contributed by atoms with Crippen molar-refractivity contribution in [3.05, 3.63) is 17.3 Å². The van der Waals surface area contributed by atoms with E-state index < -0.39 is 22.9 Å². The Morgan fingerprint density at radius 2 is 2.11 bits per heavy atom. The summed E-state index contributed by atoms with van der Waals surface area (Å²) in [5, 5.41) is -0.301. The predicted octanol–water partition coefficient (Wildman–Crippen LogP) is 2.59. The molecule has 0 radical (unpaired) electrons. The Kier molecular flexibility index (Phi) is 4.96. The van der Waals surface area contributed by atoms with Crippen LogP contribution in [-0.2, 0) is 9.53 Å². The summed E-state index contributed by atoms with van der Waals surface area (Å²) in [5.41, 5.74) is 0. The lowest BCUT2D eigenvalue weighted by atomic mass is 10.4. The quantitative estimate of drug-likeness (QED) is 0.487. The van der Waals surface area contributed by atoms with Gasteiger partial charge in [-0.25, -0.2) is 9.88 Å². The number of rotatable bonds is 4. The zero-order chi connectivity index (χ0) is 14.6. The average molecular weight is 299 g/mol. The van der Waals surface area contributed by atoms with Gasteiger partial charge >= 0.3 is 6.30 Å². The highest BCUT2D eigenvalue weighted by Gasteiger charge is 2.41. The summed E-state index contributed by atoms with van der Waals surface area (Å²) in [6.07, 6.45) is -4.88. The fourth-order valence-electron chi connectivity index (χ4n) is 1.24. The molecule has 0 aromatic carbocycles. The number of aromatic nitrogens is 1. The zero-order valence-electron chi connectivity index (χ0n) is 9.99. The van der Waals surface area contributed by atoms with Gasteiger partial charge in [-0.3, -0.25) is 4.79 Å². The molecule has 0 atom stereocenters. The molecular weight excluding hydrogens is 289 g/mol. The van der Waals surface area contributed by atoms with Crippen LogP contribution in [0.4, 0.5) is 19.0 Å². The van der Waals surface area contributed by atoms with Crippen LogP contribution in [0.2, 0.25) is 5.15 Å². The molecule has 0 N–H and O–H groups in total. The van der Waals surface area contributed by atoms with Gasteiger partial charge in [0.15, 0.2) is 17.7 Å². The highest BCUT2D eigenvalue weighted by molar-refractivity contribution is 6.31. The summed E-state index contributed by atoms with van der Waals surface area (Å²) in [7, 11) is 1.37. The maximum atomic E-state index is 12.7. The molecule has 5 nitrogen and oxygen atoms in total. The van der Waals surface area contributed by atoms with Gasteiger partial charge in [-0.15, -0.1) is 13.2 Å². The SMILES string of the molecule is COCOc1ccc(N(C(C)=O)C(F)(F)F)nc1Cl. The molecule has 1 rings (SSSR count). The van der Waals surface area contributed by atoms with Crippen molar-refractivity contribution in [2.75, 3.05) is 18.8 Å². The predicted molar refractivity (Wildman–Crippen MR) is 61.0 cm³/mol. The molecule has 0 fully saturated rings. The second kappa shape index (κ2) is 6.07. The van der Waals surface area contributed by atoms with Crippen molar-refractivity contribution in [1.82, 2.24) is 4.98 Å². The molecule has 19 heavy (non-hydrogen) atoms. The number of methoxy groups -OCH3 is 1. The smallest absolute Gasteiger partial charge is 0.464 e. The number of anilines is 1. The van der Waals surface area contributed by atoms with Crippen LogP contribution in [0.25, 0.3) is 0 Å². The van der Waals surface area contributed by atoms with Gasteiger partial charge in [0, 0.05) is 14.0 Å². The zero-order valence-corrected chi connectivity index (χ0v) is 10.7. The van der Waals surface area contributed by atoms with Crippen molar-refractivity contribution in [2.24, 2.45) is 0 Å². The number of pyridine rings is 1. The van der Waals surface area contributed by atoms with E-state index in [4.69, 9.17) is 16.3 Å². The van der Waals surface area contributed by atoms with E-state index in [1.54, 1.807) is 0 Å². The van der Waals surface area contributed by atoms with Gasteiger partial charge in [0.1, 0.15) is 5.82 Å². The van der Waals surface area contributed by atoms with Crippen LogP contribution in [0.3, 0.4) is 0 Å². The number of nitrogens with zero attached hydrogens (tertiary/aromatic N) is 2. The van der Waals surface area contributed by atoms with E-state index in [2.05, 4.69) is 9.72 Å². The molecular formula is C10H10ClF3N2O3. The third kappa shape index (κ3) is 3.97. The number of halogens is 4. The normalized spacial score (nSPS) is 11.3. The number of alkyl halides is 3. The average Bonchev–Trinajstić information content (AvgIpc) is 2.25. The maximum Gasteiger partial charge on any atom is 0.492 e. The van der Waals surface area contributed by atoms with Crippen molar-refractivity contribution in [1.29, 1.82) is 0 Å². The molecule has 106 valence electrons. The van der Waals surface area contributed by atoms with Crippen LogP contribution in [0.15, 0.2) is 12.1 Å². The van der Waals surface area contributed by atoms with Gasteiger partial charge in [0.2, 0.25) is 5.91 Å². The van der Waals surface area contributed by atoms with Crippen LogP contribution in [0.1, 0.15) is 6.92 Å². The molecule has 1 aromatic heterocycles. The van der Waals surface area contributed by atoms with Gasteiger partial charge in [-0.1, -0.05) is 11.6 Å². The van der Waals surface area contributed by atoms with Crippen molar-refractivity contribution < 1.29 is 27.4 Å². The first-order chi connectivity index (χ1) is 8.77. The Hall–Kier alpha value is -1.54. The van der Waals surface area contributed by atoms with Gasteiger partial charge in [-0.05, 0) is 12.1 Å². The highest BCUT2D eigenvalue weighted by atomic mass is 35.5. The van der Waals surface area contributed by atoms with E-state index in [0.717, 1.165) is 13.0 Å². The van der Waals surface area contributed by atoms with E-state index in [9.17, 15) is 18.0 Å². The molecule has 0 spiro atoms. The van der Waals surface area contributed by atoms with Gasteiger partial charge in [0.25, 0.3) is 0 Å². The van der Waals surface area contributed by atoms with E-state index in [-0.39, 0.29) is 17.7 Å². The maximum absolute atomic E-state index is 12.7. The van der Waals surface area contributed by atoms with Gasteiger partial charge in [-0.2, -0.15) is 0 Å². The van der Waals surface area contributed by atoms with E-state index in [1.165, 1.54) is 13.2 Å². The minimum atomic E-state index is -4.88. The number of carbonyl (C=O) groups is 1. The first kappa shape index (κ1) is 15.5. The fourth-order valence-corrected chi connectivity index (χ4v) is 1.44. The number of amides is 1. The second-order valence-electron chi connectivity index (χ2n) is 3.33. The Labute approximate surface area is 111 Å². The molecule has 1 heterocycles. The van der Waals surface area contributed by atoms with Gasteiger partial charge in [0.05, 0.1) is 0 Å². The Morgan fingerprint density at radius 1 is 1.47 bits per heavy atom. The van der Waals surface area contributed by atoms with Crippen LogP contribution in [0, 0.1) is 0 Å². The molecule has 1 aromatic rings. The number of hydrogen-bond acceptors (Lipinski definition) is 4. The lowest BCUT2D eigenvalue weighted by Crippen LogP contribution is -2.42. The van der Waals surface area contributed by atoms with Crippen molar-refractivity contribution in [2.45, 2.75) is 13.2 Å². The summed E-state index contributed by atoms with van der Waals surface area (Å²) in [6, 6.07) is 2.15. The first-order valence-electron chi connectivity index (χ1n) is 4.93. The standard InChI is InChI=1S/C10H10ClF3N2O3/c1-6(17)16(10(12,13)14)8-4-3-7(9(11)15-8)19-5-18-2/h3-4H,5H2,1-2H3. The first-order valence-corrected chi connectivity index (χ1v) is 5.31. The minimum Gasteiger partial charge on any atom is -0.464 e. The largest absolute Gasteiger partial charge is 0.492 e. The Morgan fingerprint density at radius 3 is 2.53 bits per heavy atom. The van der Waals surface area contributed by atoms with Crippen molar-refractivity contribution in [3.8, 4) is 5.75 Å². The van der Waals surface area contributed by atoms with Crippen LogP contribution < -0.4 is 9.64 Å². The van der Waals surface area contributed by atoms with E-state index in [1.807, 2.05) is 0 Å². The van der Waals surface area contributed by atoms with Crippen LogP contribution >= 0.6 is 11.6 Å². The van der Waals surface area contributed by atoms with Crippen molar-refractivity contribution in [3.63, 3.8) is 0 Å². The molecule has 0 aliphatic heterocycles. The van der Waals surface area contributed by atoms with Crippen LogP contribution in [0.5, 0.6) is 5.75 Å². The molecule has 0 aliphatic rings. The summed E-state index contributed by atoms with van der Waals surface area (Å²) >= 11 is 5.67. The summed E-state index contributed by atoms with van der Waals surface area (Å²) in [4.78, 5) is 14.1. The van der Waals surface area contributed by atoms with E-state index in [0.29, 0.717) is 0 Å². The molecule has 1 amide bonds. The summed E-state index contributed by atoms with van der Waals surface area (Å²) < 4.78 is 47.6. The number of ether oxygens (including phenoxy) is 2. The molecule has 0 bridgehead atoms. The summed E-state index contributed by atoms with van der Waals surface area (Å²) in [5.74, 6) is -1.80. The molecule has 0 saturated carbocycles. The molecule has 0 aliphatic carbocycles. The molecule has 9 heteroatoms. The number of carbonyl (C=O) groups excluding carboxylic acids is 1. The van der Waals surface area contributed by atoms with Crippen molar-refractivity contribution >= 4 is 23.3 Å². The third-order valence-corrected chi connectivity index (χ3v) is 2.20. The second-order valence-corrected chi connectivity index (χ2v) is 3.69. The number of hydrogen-bond donors (Lipinski definition) is 0. The molecule has 0 saturated heterocycles.